The van der Waals surface area contributed by atoms with Gasteiger partial charge in [-0.15, -0.1) is 12.4 Å². The zero-order valence-corrected chi connectivity index (χ0v) is 13.1. The summed E-state index contributed by atoms with van der Waals surface area (Å²) in [6.45, 7) is 4.34. The van der Waals surface area contributed by atoms with Gasteiger partial charge < -0.3 is 10.6 Å². The highest BCUT2D eigenvalue weighted by atomic mass is 35.5. The first-order valence-electron chi connectivity index (χ1n) is 7.76. The van der Waals surface area contributed by atoms with Gasteiger partial charge in [0.05, 0.1) is 0 Å². The number of piperidine rings is 1. The van der Waals surface area contributed by atoms with Gasteiger partial charge in [0, 0.05) is 24.5 Å². The van der Waals surface area contributed by atoms with Gasteiger partial charge in [-0.2, -0.15) is 0 Å². The van der Waals surface area contributed by atoms with Crippen LogP contribution in [0.4, 0.5) is 0 Å². The molecule has 0 spiro atoms. The fraction of sp³-hybridized carbons (Fsp3) is 0.933. The first-order chi connectivity index (χ1) is 8.71. The lowest BCUT2D eigenvalue weighted by molar-refractivity contribution is -0.123. The van der Waals surface area contributed by atoms with Crippen LogP contribution in [0.15, 0.2) is 0 Å². The van der Waals surface area contributed by atoms with E-state index in [1.807, 2.05) is 0 Å². The number of carbonyl (C=O) groups excluding carboxylic acids is 1. The van der Waals surface area contributed by atoms with Crippen molar-refractivity contribution in [1.29, 1.82) is 0 Å². The molecule has 0 aromatic carbocycles. The quantitative estimate of drug-likeness (QED) is 0.789. The molecule has 2 N–H and O–H groups in total. The molecule has 2 rings (SSSR count). The molecular formula is C15H29ClN2O. The van der Waals surface area contributed by atoms with Gasteiger partial charge in [0.15, 0.2) is 0 Å². The van der Waals surface area contributed by atoms with Gasteiger partial charge in [-0.1, -0.05) is 20.3 Å². The molecule has 3 unspecified atom stereocenters. The highest BCUT2D eigenvalue weighted by Crippen LogP contribution is 2.32. The molecule has 0 radical (unpaired) electrons. The maximum Gasteiger partial charge on any atom is 0.220 e. The van der Waals surface area contributed by atoms with Gasteiger partial charge in [0.25, 0.3) is 0 Å². The molecule has 2 aliphatic heterocycles. The summed E-state index contributed by atoms with van der Waals surface area (Å²) in [5.74, 6) is 0.893. The highest BCUT2D eigenvalue weighted by molar-refractivity contribution is 5.85. The summed E-state index contributed by atoms with van der Waals surface area (Å²) in [4.78, 5) is 12.1. The number of fused-ring (bicyclic) bond motifs is 2. The third kappa shape index (κ3) is 4.96. The highest BCUT2D eigenvalue weighted by Gasteiger charge is 2.34. The Morgan fingerprint density at radius 2 is 1.89 bits per heavy atom. The van der Waals surface area contributed by atoms with Crippen molar-refractivity contribution in [2.24, 2.45) is 5.92 Å². The lowest BCUT2D eigenvalue weighted by atomic mass is 9.89. The number of carbonyl (C=O) groups is 1. The van der Waals surface area contributed by atoms with E-state index in [-0.39, 0.29) is 18.3 Å². The van der Waals surface area contributed by atoms with Crippen LogP contribution in [0, 0.1) is 5.92 Å². The molecule has 2 saturated heterocycles. The van der Waals surface area contributed by atoms with E-state index in [0.717, 1.165) is 25.7 Å². The molecule has 0 aromatic heterocycles. The summed E-state index contributed by atoms with van der Waals surface area (Å²) in [5.41, 5.74) is 0. The van der Waals surface area contributed by atoms with Crippen LogP contribution in [0.3, 0.4) is 0 Å². The summed E-state index contributed by atoms with van der Waals surface area (Å²) in [6, 6.07) is 1.78. The Hall–Kier alpha value is -0.280. The molecule has 0 saturated carbocycles. The van der Waals surface area contributed by atoms with Crippen molar-refractivity contribution in [2.45, 2.75) is 83.3 Å². The molecule has 3 atom stereocenters. The van der Waals surface area contributed by atoms with Crippen LogP contribution in [-0.4, -0.2) is 24.0 Å². The Balaban J connectivity index is 0.00000180. The summed E-state index contributed by atoms with van der Waals surface area (Å²) in [5, 5.41) is 6.84. The first kappa shape index (κ1) is 16.8. The summed E-state index contributed by atoms with van der Waals surface area (Å²) in [7, 11) is 0. The van der Waals surface area contributed by atoms with Crippen LogP contribution in [0.5, 0.6) is 0 Å². The number of nitrogens with one attached hydrogen (secondary N) is 2. The molecule has 2 heterocycles. The van der Waals surface area contributed by atoms with Gasteiger partial charge in [0.1, 0.15) is 0 Å². The first-order valence-corrected chi connectivity index (χ1v) is 7.76. The third-order valence-electron chi connectivity index (χ3n) is 4.54. The lowest BCUT2D eigenvalue weighted by Gasteiger charge is -2.29. The van der Waals surface area contributed by atoms with Gasteiger partial charge in [-0.25, -0.2) is 0 Å². The van der Waals surface area contributed by atoms with Crippen molar-refractivity contribution < 1.29 is 4.79 Å². The van der Waals surface area contributed by atoms with Crippen molar-refractivity contribution in [3.05, 3.63) is 0 Å². The van der Waals surface area contributed by atoms with Gasteiger partial charge >= 0.3 is 0 Å². The molecule has 19 heavy (non-hydrogen) atoms. The largest absolute Gasteiger partial charge is 0.353 e. The van der Waals surface area contributed by atoms with Gasteiger partial charge in [-0.3, -0.25) is 4.79 Å². The molecule has 0 aromatic rings. The molecule has 0 aliphatic carbocycles. The van der Waals surface area contributed by atoms with E-state index < -0.39 is 0 Å². The minimum Gasteiger partial charge on any atom is -0.353 e. The van der Waals surface area contributed by atoms with Crippen molar-refractivity contribution in [3.63, 3.8) is 0 Å². The van der Waals surface area contributed by atoms with Gasteiger partial charge in [-0.05, 0) is 44.4 Å². The van der Waals surface area contributed by atoms with Crippen LogP contribution in [0.1, 0.15) is 65.2 Å². The van der Waals surface area contributed by atoms with E-state index in [9.17, 15) is 4.79 Å². The SMILES string of the molecule is CCCC(CC)NC(=O)CC1CC2CCC(C1)N2.Cl. The Morgan fingerprint density at radius 1 is 1.26 bits per heavy atom. The summed E-state index contributed by atoms with van der Waals surface area (Å²) in [6.07, 6.45) is 9.09. The number of amides is 1. The average Bonchev–Trinajstić information content (AvgIpc) is 2.68. The van der Waals surface area contributed by atoms with Crippen LogP contribution >= 0.6 is 12.4 Å². The van der Waals surface area contributed by atoms with Gasteiger partial charge in [0.2, 0.25) is 5.91 Å². The van der Waals surface area contributed by atoms with Crippen molar-refractivity contribution >= 4 is 18.3 Å². The minimum absolute atomic E-state index is 0. The Labute approximate surface area is 123 Å². The molecule has 2 aliphatic rings. The zero-order valence-electron chi connectivity index (χ0n) is 12.3. The van der Waals surface area contributed by atoms with Crippen molar-refractivity contribution in [1.82, 2.24) is 10.6 Å². The second kappa shape index (κ2) is 8.11. The second-order valence-corrected chi connectivity index (χ2v) is 6.14. The number of rotatable bonds is 6. The normalized spacial score (nSPS) is 30.5. The smallest absolute Gasteiger partial charge is 0.220 e. The maximum atomic E-state index is 12.1. The second-order valence-electron chi connectivity index (χ2n) is 6.14. The summed E-state index contributed by atoms with van der Waals surface area (Å²) < 4.78 is 0. The van der Waals surface area contributed by atoms with Crippen LogP contribution in [0.25, 0.3) is 0 Å². The van der Waals surface area contributed by atoms with E-state index in [0.29, 0.717) is 24.0 Å². The molecule has 4 heteroatoms. The van der Waals surface area contributed by atoms with Crippen LogP contribution in [0.2, 0.25) is 0 Å². The molecule has 2 bridgehead atoms. The molecule has 1 amide bonds. The molecule has 112 valence electrons. The predicted octanol–water partition coefficient (Wildman–Crippen LogP) is 3.02. The Bertz CT molecular complexity index is 273. The number of hydrogen-bond donors (Lipinski definition) is 2. The van der Waals surface area contributed by atoms with E-state index in [1.165, 1.54) is 25.7 Å². The topological polar surface area (TPSA) is 41.1 Å². The lowest BCUT2D eigenvalue weighted by Crippen LogP contribution is -2.41. The van der Waals surface area contributed by atoms with E-state index in [1.54, 1.807) is 0 Å². The molecular weight excluding hydrogens is 260 g/mol. The standard InChI is InChI=1S/C15H28N2O.ClH/c1-3-5-12(4-2)17-15(18)10-11-8-13-6-7-14(9-11)16-13;/h11-14,16H,3-10H2,1-2H3,(H,17,18);1H. The molecule has 3 nitrogen and oxygen atoms in total. The Morgan fingerprint density at radius 3 is 2.42 bits per heavy atom. The third-order valence-corrected chi connectivity index (χ3v) is 4.54. The monoisotopic (exact) mass is 288 g/mol. The zero-order chi connectivity index (χ0) is 13.0. The number of halogens is 1. The van der Waals surface area contributed by atoms with E-state index in [4.69, 9.17) is 0 Å². The van der Waals surface area contributed by atoms with E-state index in [2.05, 4.69) is 24.5 Å². The van der Waals surface area contributed by atoms with Crippen LogP contribution < -0.4 is 10.6 Å². The van der Waals surface area contributed by atoms with Crippen LogP contribution in [-0.2, 0) is 4.79 Å². The fourth-order valence-electron chi connectivity index (χ4n) is 3.62. The summed E-state index contributed by atoms with van der Waals surface area (Å²) >= 11 is 0. The number of hydrogen-bond acceptors (Lipinski definition) is 2. The Kier molecular flexibility index (Phi) is 7.16. The fourth-order valence-corrected chi connectivity index (χ4v) is 3.62. The minimum atomic E-state index is 0. The maximum absolute atomic E-state index is 12.1. The van der Waals surface area contributed by atoms with Crippen molar-refractivity contribution in [2.75, 3.05) is 0 Å². The molecule has 2 fully saturated rings. The predicted molar refractivity (Wildman–Crippen MR) is 81.7 cm³/mol. The van der Waals surface area contributed by atoms with E-state index >= 15 is 0 Å². The van der Waals surface area contributed by atoms with Crippen molar-refractivity contribution in [3.8, 4) is 0 Å². The average molecular weight is 289 g/mol.